The molecule has 0 aromatic rings. The summed E-state index contributed by atoms with van der Waals surface area (Å²) in [4.78, 5) is 23.3. The Labute approximate surface area is 112 Å². The van der Waals surface area contributed by atoms with Crippen LogP contribution in [0.3, 0.4) is 0 Å². The van der Waals surface area contributed by atoms with Crippen LogP contribution in [-0.4, -0.2) is 30.1 Å². The zero-order valence-electron chi connectivity index (χ0n) is 10.8. The van der Waals surface area contributed by atoms with E-state index in [0.717, 1.165) is 6.42 Å². The predicted octanol–water partition coefficient (Wildman–Crippen LogP) is 0.737. The van der Waals surface area contributed by atoms with E-state index in [4.69, 9.17) is 6.42 Å². The SMILES string of the molecule is C#CCCC1(CCC(=O)NC2CCCNC2=O)N=N1. The van der Waals surface area contributed by atoms with Gasteiger partial charge in [0.1, 0.15) is 6.04 Å². The molecule has 0 aromatic carbocycles. The molecule has 6 heteroatoms. The average molecular weight is 262 g/mol. The minimum atomic E-state index is -0.432. The fraction of sp³-hybridized carbons (Fsp3) is 0.692. The van der Waals surface area contributed by atoms with Gasteiger partial charge in [0.2, 0.25) is 11.8 Å². The van der Waals surface area contributed by atoms with Gasteiger partial charge in [-0.2, -0.15) is 10.2 Å². The summed E-state index contributed by atoms with van der Waals surface area (Å²) >= 11 is 0. The number of piperidine rings is 1. The number of carbonyl (C=O) groups excluding carboxylic acids is 2. The third-order valence-corrected chi connectivity index (χ3v) is 3.43. The van der Waals surface area contributed by atoms with E-state index in [-0.39, 0.29) is 11.8 Å². The van der Waals surface area contributed by atoms with Crippen LogP contribution < -0.4 is 10.6 Å². The number of nitrogens with zero attached hydrogens (tertiary/aromatic N) is 2. The summed E-state index contributed by atoms with van der Waals surface area (Å²) < 4.78 is 0. The Morgan fingerprint density at radius 1 is 1.53 bits per heavy atom. The lowest BCUT2D eigenvalue weighted by Crippen LogP contribution is -2.50. The van der Waals surface area contributed by atoms with E-state index in [2.05, 4.69) is 26.8 Å². The van der Waals surface area contributed by atoms with E-state index < -0.39 is 11.7 Å². The van der Waals surface area contributed by atoms with Crippen LogP contribution in [-0.2, 0) is 9.59 Å². The summed E-state index contributed by atoms with van der Waals surface area (Å²) in [6.45, 7) is 0.693. The Hall–Kier alpha value is -1.90. The molecule has 0 spiro atoms. The number of hydrogen-bond acceptors (Lipinski definition) is 4. The van der Waals surface area contributed by atoms with Gasteiger partial charge in [-0.15, -0.1) is 12.3 Å². The average Bonchev–Trinajstić information content (AvgIpc) is 3.18. The van der Waals surface area contributed by atoms with Gasteiger partial charge in [0.05, 0.1) is 0 Å². The van der Waals surface area contributed by atoms with Crippen LogP contribution in [0.2, 0.25) is 0 Å². The van der Waals surface area contributed by atoms with Crippen molar-refractivity contribution in [1.82, 2.24) is 10.6 Å². The second-order valence-electron chi connectivity index (χ2n) is 4.94. The van der Waals surface area contributed by atoms with Crippen LogP contribution in [0.5, 0.6) is 0 Å². The maximum absolute atomic E-state index is 11.8. The van der Waals surface area contributed by atoms with Gasteiger partial charge in [-0.1, -0.05) is 0 Å². The number of hydrogen-bond donors (Lipinski definition) is 2. The van der Waals surface area contributed by atoms with Gasteiger partial charge in [0.25, 0.3) is 0 Å². The monoisotopic (exact) mass is 262 g/mol. The number of carbonyl (C=O) groups is 2. The molecule has 2 heterocycles. The van der Waals surface area contributed by atoms with Crippen molar-refractivity contribution < 1.29 is 9.59 Å². The number of amides is 2. The van der Waals surface area contributed by atoms with Crippen molar-refractivity contribution in [3.05, 3.63) is 0 Å². The topological polar surface area (TPSA) is 82.9 Å². The quantitative estimate of drug-likeness (QED) is 0.692. The number of terminal acetylenes is 1. The van der Waals surface area contributed by atoms with Crippen molar-refractivity contribution in [3.63, 3.8) is 0 Å². The lowest BCUT2D eigenvalue weighted by Gasteiger charge is -2.22. The van der Waals surface area contributed by atoms with Crippen molar-refractivity contribution in [2.45, 2.75) is 50.2 Å². The maximum atomic E-state index is 11.8. The Balaban J connectivity index is 1.70. The van der Waals surface area contributed by atoms with Gasteiger partial charge in [0, 0.05) is 32.2 Å². The van der Waals surface area contributed by atoms with Gasteiger partial charge in [-0.05, 0) is 12.8 Å². The van der Waals surface area contributed by atoms with Crippen molar-refractivity contribution in [3.8, 4) is 12.3 Å². The van der Waals surface area contributed by atoms with Crippen LogP contribution in [0, 0.1) is 12.3 Å². The van der Waals surface area contributed by atoms with Gasteiger partial charge >= 0.3 is 0 Å². The standard InChI is InChI=1S/C13H18N4O2/c1-2-3-7-13(16-17-13)8-6-11(18)15-10-5-4-9-14-12(10)19/h1,10H,3-9H2,(H,14,19)(H,15,18). The van der Waals surface area contributed by atoms with Crippen LogP contribution >= 0.6 is 0 Å². The van der Waals surface area contributed by atoms with Crippen LogP contribution in [0.15, 0.2) is 10.2 Å². The smallest absolute Gasteiger partial charge is 0.242 e. The van der Waals surface area contributed by atoms with Crippen molar-refractivity contribution in [2.75, 3.05) is 6.54 Å². The number of rotatable bonds is 6. The fourth-order valence-corrected chi connectivity index (χ4v) is 2.16. The molecular formula is C13H18N4O2. The lowest BCUT2D eigenvalue weighted by atomic mass is 10.0. The third kappa shape index (κ3) is 3.78. The zero-order chi connectivity index (χ0) is 13.7. The molecule has 102 valence electrons. The normalized spacial score (nSPS) is 23.3. The van der Waals surface area contributed by atoms with E-state index in [0.29, 0.717) is 38.6 Å². The molecule has 1 saturated heterocycles. The summed E-state index contributed by atoms with van der Waals surface area (Å²) in [6.07, 6.45) is 8.99. The summed E-state index contributed by atoms with van der Waals surface area (Å²) in [5.74, 6) is 2.33. The Morgan fingerprint density at radius 3 is 2.95 bits per heavy atom. The molecule has 2 aliphatic heterocycles. The van der Waals surface area contributed by atoms with Gasteiger partial charge in [-0.25, -0.2) is 0 Å². The van der Waals surface area contributed by atoms with Crippen LogP contribution in [0.25, 0.3) is 0 Å². The molecule has 0 aliphatic carbocycles. The summed E-state index contributed by atoms with van der Waals surface area (Å²) in [6, 6.07) is -0.393. The van der Waals surface area contributed by atoms with E-state index >= 15 is 0 Å². The van der Waals surface area contributed by atoms with Gasteiger partial charge in [0.15, 0.2) is 5.66 Å². The Morgan fingerprint density at radius 2 is 2.32 bits per heavy atom. The van der Waals surface area contributed by atoms with Gasteiger partial charge in [-0.3, -0.25) is 9.59 Å². The first-order valence-electron chi connectivity index (χ1n) is 6.60. The highest BCUT2D eigenvalue weighted by Gasteiger charge is 2.39. The molecule has 2 amide bonds. The third-order valence-electron chi connectivity index (χ3n) is 3.43. The highest BCUT2D eigenvalue weighted by molar-refractivity contribution is 5.88. The van der Waals surface area contributed by atoms with Crippen molar-refractivity contribution in [2.24, 2.45) is 10.2 Å². The second-order valence-corrected chi connectivity index (χ2v) is 4.94. The minimum absolute atomic E-state index is 0.0950. The molecular weight excluding hydrogens is 244 g/mol. The Kier molecular flexibility index (Phi) is 4.15. The molecule has 1 atom stereocenters. The minimum Gasteiger partial charge on any atom is -0.354 e. The lowest BCUT2D eigenvalue weighted by molar-refractivity contribution is -0.130. The molecule has 6 nitrogen and oxygen atoms in total. The molecule has 0 bridgehead atoms. The predicted molar refractivity (Wildman–Crippen MR) is 69.1 cm³/mol. The second kappa shape index (κ2) is 5.83. The highest BCUT2D eigenvalue weighted by Crippen LogP contribution is 2.37. The first-order valence-corrected chi connectivity index (χ1v) is 6.60. The Bertz CT molecular complexity index is 432. The molecule has 1 unspecified atom stereocenters. The summed E-state index contributed by atoms with van der Waals surface area (Å²) in [5.41, 5.74) is -0.432. The fourth-order valence-electron chi connectivity index (χ4n) is 2.16. The largest absolute Gasteiger partial charge is 0.354 e. The summed E-state index contributed by atoms with van der Waals surface area (Å²) in [7, 11) is 0. The molecule has 0 saturated carbocycles. The molecule has 2 rings (SSSR count). The van der Waals surface area contributed by atoms with Crippen LogP contribution in [0.4, 0.5) is 0 Å². The molecule has 0 aromatic heterocycles. The molecule has 19 heavy (non-hydrogen) atoms. The number of nitrogens with one attached hydrogen (secondary N) is 2. The van der Waals surface area contributed by atoms with E-state index in [1.807, 2.05) is 0 Å². The highest BCUT2D eigenvalue weighted by atomic mass is 16.2. The molecule has 1 fully saturated rings. The zero-order valence-corrected chi connectivity index (χ0v) is 10.8. The van der Waals surface area contributed by atoms with E-state index in [9.17, 15) is 9.59 Å². The van der Waals surface area contributed by atoms with Crippen molar-refractivity contribution >= 4 is 11.8 Å². The summed E-state index contributed by atoms with van der Waals surface area (Å²) in [5, 5.41) is 13.4. The van der Waals surface area contributed by atoms with E-state index in [1.54, 1.807) is 0 Å². The van der Waals surface area contributed by atoms with Crippen LogP contribution in [0.1, 0.15) is 38.5 Å². The van der Waals surface area contributed by atoms with Gasteiger partial charge < -0.3 is 10.6 Å². The van der Waals surface area contributed by atoms with Crippen molar-refractivity contribution in [1.29, 1.82) is 0 Å². The first-order chi connectivity index (χ1) is 9.15. The van der Waals surface area contributed by atoms with E-state index in [1.165, 1.54) is 0 Å². The molecule has 0 radical (unpaired) electrons. The molecule has 2 N–H and O–H groups in total. The first kappa shape index (κ1) is 13.5. The molecule has 2 aliphatic rings. The maximum Gasteiger partial charge on any atom is 0.242 e.